The third kappa shape index (κ3) is 1.60. The predicted octanol–water partition coefficient (Wildman–Crippen LogP) is 0.317. The van der Waals surface area contributed by atoms with Crippen LogP contribution in [-0.2, 0) is 0 Å². The number of aromatic nitrogens is 3. The first-order chi connectivity index (χ1) is 6.79. The highest BCUT2D eigenvalue weighted by molar-refractivity contribution is 5.86. The lowest BCUT2D eigenvalue weighted by atomic mass is 10.0. The summed E-state index contributed by atoms with van der Waals surface area (Å²) in [5, 5.41) is 21.9. The number of nitrogens with one attached hydrogen (secondary N) is 2. The smallest absolute Gasteiger partial charge is 0.358 e. The molecule has 1 atom stereocenters. The number of aromatic carboxylic acids is 1. The molecule has 1 fully saturated rings. The van der Waals surface area contributed by atoms with Crippen LogP contribution in [0.1, 0.15) is 41.5 Å². The molecule has 0 saturated carbocycles. The fourth-order valence-corrected chi connectivity index (χ4v) is 1.72. The van der Waals surface area contributed by atoms with Crippen LogP contribution in [0, 0.1) is 0 Å². The standard InChI is InChI=1S/C8H12N4O2/c13-8(14)7-6(10-12-11-7)5-3-1-2-4-9-5/h5,9H,1-4H2,(H,13,14)(H,10,11,12). The summed E-state index contributed by atoms with van der Waals surface area (Å²) in [6.07, 6.45) is 3.16. The average Bonchev–Trinajstić information content (AvgIpc) is 2.67. The molecule has 1 aromatic rings. The first-order valence-corrected chi connectivity index (χ1v) is 4.66. The van der Waals surface area contributed by atoms with Gasteiger partial charge in [-0.1, -0.05) is 6.42 Å². The van der Waals surface area contributed by atoms with Gasteiger partial charge in [-0.05, 0) is 19.4 Å². The van der Waals surface area contributed by atoms with Crippen molar-refractivity contribution in [2.45, 2.75) is 25.3 Å². The van der Waals surface area contributed by atoms with Crippen molar-refractivity contribution in [1.82, 2.24) is 20.7 Å². The number of aromatic amines is 1. The van der Waals surface area contributed by atoms with E-state index in [2.05, 4.69) is 20.7 Å². The van der Waals surface area contributed by atoms with E-state index in [-0.39, 0.29) is 11.7 Å². The Morgan fingerprint density at radius 2 is 2.29 bits per heavy atom. The average molecular weight is 196 g/mol. The van der Waals surface area contributed by atoms with E-state index >= 15 is 0 Å². The zero-order valence-electron chi connectivity index (χ0n) is 7.66. The molecule has 1 aliphatic heterocycles. The molecule has 1 aliphatic rings. The third-order valence-corrected chi connectivity index (χ3v) is 2.42. The minimum atomic E-state index is -1.03. The van der Waals surface area contributed by atoms with Crippen LogP contribution in [0.4, 0.5) is 0 Å². The van der Waals surface area contributed by atoms with Gasteiger partial charge in [0.05, 0.1) is 6.04 Å². The molecule has 6 nitrogen and oxygen atoms in total. The number of H-pyrrole nitrogens is 1. The Morgan fingerprint density at radius 3 is 2.93 bits per heavy atom. The Labute approximate surface area is 80.7 Å². The number of rotatable bonds is 2. The summed E-state index contributed by atoms with van der Waals surface area (Å²) in [5.41, 5.74) is 0.557. The molecule has 2 heterocycles. The summed E-state index contributed by atoms with van der Waals surface area (Å²) in [5.74, 6) is -1.03. The molecule has 1 saturated heterocycles. The van der Waals surface area contributed by atoms with Gasteiger partial charge in [0.25, 0.3) is 0 Å². The van der Waals surface area contributed by atoms with E-state index in [9.17, 15) is 4.79 Å². The van der Waals surface area contributed by atoms with Gasteiger partial charge < -0.3 is 10.4 Å². The molecule has 0 aromatic carbocycles. The maximum atomic E-state index is 10.8. The summed E-state index contributed by atoms with van der Waals surface area (Å²) in [4.78, 5) is 10.8. The number of carboxylic acids is 1. The topological polar surface area (TPSA) is 90.9 Å². The number of carboxylic acid groups (broad SMARTS) is 1. The number of carbonyl (C=O) groups is 1. The zero-order valence-corrected chi connectivity index (χ0v) is 7.66. The van der Waals surface area contributed by atoms with E-state index in [1.165, 1.54) is 0 Å². The van der Waals surface area contributed by atoms with Gasteiger partial charge >= 0.3 is 5.97 Å². The van der Waals surface area contributed by atoms with Crippen LogP contribution in [0.2, 0.25) is 0 Å². The van der Waals surface area contributed by atoms with Crippen LogP contribution in [0.5, 0.6) is 0 Å². The van der Waals surface area contributed by atoms with Gasteiger partial charge in [0, 0.05) is 0 Å². The number of nitrogens with zero attached hydrogens (tertiary/aromatic N) is 2. The molecule has 0 amide bonds. The summed E-state index contributed by atoms with van der Waals surface area (Å²) < 4.78 is 0. The van der Waals surface area contributed by atoms with Crippen molar-refractivity contribution in [2.75, 3.05) is 6.54 Å². The maximum absolute atomic E-state index is 10.8. The lowest BCUT2D eigenvalue weighted by molar-refractivity contribution is 0.0688. The first-order valence-electron chi connectivity index (χ1n) is 4.66. The number of hydrogen-bond acceptors (Lipinski definition) is 4. The van der Waals surface area contributed by atoms with E-state index in [4.69, 9.17) is 5.11 Å². The van der Waals surface area contributed by atoms with Crippen LogP contribution < -0.4 is 5.32 Å². The number of piperidine rings is 1. The normalized spacial score (nSPS) is 22.1. The SMILES string of the molecule is O=C(O)c1n[nH]nc1C1CCCCN1. The Hall–Kier alpha value is -1.43. The fraction of sp³-hybridized carbons (Fsp3) is 0.625. The largest absolute Gasteiger partial charge is 0.476 e. The maximum Gasteiger partial charge on any atom is 0.358 e. The van der Waals surface area contributed by atoms with Gasteiger partial charge in [0.15, 0.2) is 5.69 Å². The Morgan fingerprint density at radius 1 is 1.43 bits per heavy atom. The first kappa shape index (κ1) is 9.14. The molecule has 76 valence electrons. The van der Waals surface area contributed by atoms with Gasteiger partial charge in [0.1, 0.15) is 5.69 Å². The highest BCUT2D eigenvalue weighted by Gasteiger charge is 2.24. The Kier molecular flexibility index (Phi) is 2.45. The monoisotopic (exact) mass is 196 g/mol. The quantitative estimate of drug-likeness (QED) is 0.633. The Bertz CT molecular complexity index is 330. The minimum Gasteiger partial charge on any atom is -0.476 e. The molecule has 1 aromatic heterocycles. The summed E-state index contributed by atoms with van der Waals surface area (Å²) >= 11 is 0. The molecule has 6 heteroatoms. The second kappa shape index (κ2) is 3.75. The van der Waals surface area contributed by atoms with Crippen LogP contribution in [-0.4, -0.2) is 33.0 Å². The fourth-order valence-electron chi connectivity index (χ4n) is 1.72. The van der Waals surface area contributed by atoms with Gasteiger partial charge in [-0.15, -0.1) is 5.10 Å². The summed E-state index contributed by atoms with van der Waals surface area (Å²) in [6.45, 7) is 0.913. The second-order valence-corrected chi connectivity index (χ2v) is 3.37. The van der Waals surface area contributed by atoms with Crippen molar-refractivity contribution in [3.8, 4) is 0 Å². The molecule has 0 bridgehead atoms. The van der Waals surface area contributed by atoms with Crippen LogP contribution in [0.3, 0.4) is 0 Å². The zero-order chi connectivity index (χ0) is 9.97. The summed E-state index contributed by atoms with van der Waals surface area (Å²) in [6, 6.07) is 0.0357. The second-order valence-electron chi connectivity index (χ2n) is 3.37. The molecule has 0 spiro atoms. The molecule has 2 rings (SSSR count). The molecule has 0 radical (unpaired) electrons. The summed E-state index contributed by atoms with van der Waals surface area (Å²) in [7, 11) is 0. The molecule has 0 aliphatic carbocycles. The minimum absolute atomic E-state index is 0.0319. The molecule has 14 heavy (non-hydrogen) atoms. The van der Waals surface area contributed by atoms with Crippen molar-refractivity contribution in [3.05, 3.63) is 11.4 Å². The van der Waals surface area contributed by atoms with Crippen molar-refractivity contribution >= 4 is 5.97 Å². The van der Waals surface area contributed by atoms with Crippen LogP contribution in [0.25, 0.3) is 0 Å². The van der Waals surface area contributed by atoms with E-state index in [0.29, 0.717) is 5.69 Å². The Balaban J connectivity index is 2.21. The highest BCUT2D eigenvalue weighted by atomic mass is 16.4. The lowest BCUT2D eigenvalue weighted by Crippen LogP contribution is -2.28. The molecule has 1 unspecified atom stereocenters. The van der Waals surface area contributed by atoms with E-state index in [0.717, 1.165) is 25.8 Å². The van der Waals surface area contributed by atoms with E-state index in [1.807, 2.05) is 0 Å². The third-order valence-electron chi connectivity index (χ3n) is 2.42. The van der Waals surface area contributed by atoms with Gasteiger partial charge in [0.2, 0.25) is 0 Å². The van der Waals surface area contributed by atoms with E-state index < -0.39 is 5.97 Å². The van der Waals surface area contributed by atoms with Crippen molar-refractivity contribution in [1.29, 1.82) is 0 Å². The molecule has 3 N–H and O–H groups in total. The lowest BCUT2D eigenvalue weighted by Gasteiger charge is -2.21. The van der Waals surface area contributed by atoms with Crippen LogP contribution in [0.15, 0.2) is 0 Å². The predicted molar refractivity (Wildman–Crippen MR) is 47.9 cm³/mol. The van der Waals surface area contributed by atoms with Crippen molar-refractivity contribution < 1.29 is 9.90 Å². The van der Waals surface area contributed by atoms with Crippen LogP contribution >= 0.6 is 0 Å². The van der Waals surface area contributed by atoms with Crippen molar-refractivity contribution in [3.63, 3.8) is 0 Å². The highest BCUT2D eigenvalue weighted by Crippen LogP contribution is 2.22. The van der Waals surface area contributed by atoms with Crippen molar-refractivity contribution in [2.24, 2.45) is 0 Å². The van der Waals surface area contributed by atoms with Gasteiger partial charge in [-0.25, -0.2) is 4.79 Å². The van der Waals surface area contributed by atoms with E-state index in [1.54, 1.807) is 0 Å². The van der Waals surface area contributed by atoms with Gasteiger partial charge in [-0.2, -0.15) is 10.3 Å². The molecular formula is C8H12N4O2. The molecular weight excluding hydrogens is 184 g/mol. The van der Waals surface area contributed by atoms with Gasteiger partial charge in [-0.3, -0.25) is 0 Å². The number of hydrogen-bond donors (Lipinski definition) is 3.